The summed E-state index contributed by atoms with van der Waals surface area (Å²) in [6.45, 7) is 4.20. The molecule has 2 heterocycles. The van der Waals surface area contributed by atoms with Gasteiger partial charge in [-0.2, -0.15) is 0 Å². The van der Waals surface area contributed by atoms with Crippen molar-refractivity contribution in [2.45, 2.75) is 58.4 Å². The molecular weight excluding hydrogens is 386 g/mol. The number of benzene rings is 2. The van der Waals surface area contributed by atoms with Gasteiger partial charge in [0.1, 0.15) is 5.82 Å². The van der Waals surface area contributed by atoms with E-state index in [9.17, 15) is 4.79 Å². The maximum atomic E-state index is 13.2. The molecule has 0 spiro atoms. The van der Waals surface area contributed by atoms with Crippen molar-refractivity contribution in [3.8, 4) is 16.9 Å². The van der Waals surface area contributed by atoms with Crippen molar-refractivity contribution >= 4 is 16.9 Å². The van der Waals surface area contributed by atoms with Gasteiger partial charge in [0.05, 0.1) is 28.7 Å². The first kappa shape index (κ1) is 19.7. The molecule has 6 nitrogen and oxygen atoms in total. The number of aromatic nitrogens is 4. The van der Waals surface area contributed by atoms with Crippen LogP contribution in [-0.2, 0) is 0 Å². The lowest BCUT2D eigenvalue weighted by Crippen LogP contribution is -2.19. The van der Waals surface area contributed by atoms with Crippen molar-refractivity contribution in [1.29, 1.82) is 0 Å². The van der Waals surface area contributed by atoms with Gasteiger partial charge in [-0.05, 0) is 50.5 Å². The monoisotopic (exact) mass is 415 g/mol. The molecule has 0 atom stereocenters. The Bertz CT molecular complexity index is 1270. The van der Waals surface area contributed by atoms with Crippen LogP contribution in [0, 0.1) is 13.8 Å². The summed E-state index contributed by atoms with van der Waals surface area (Å²) < 4.78 is 1.79. The van der Waals surface area contributed by atoms with Crippen LogP contribution in [0.3, 0.4) is 0 Å². The van der Waals surface area contributed by atoms with Crippen molar-refractivity contribution < 1.29 is 0 Å². The Morgan fingerprint density at radius 1 is 1.03 bits per heavy atom. The zero-order valence-electron chi connectivity index (χ0n) is 18.2. The summed E-state index contributed by atoms with van der Waals surface area (Å²) in [6, 6.07) is 12.7. The maximum absolute atomic E-state index is 13.2. The fourth-order valence-electron chi connectivity index (χ4n) is 4.81. The summed E-state index contributed by atoms with van der Waals surface area (Å²) in [5.74, 6) is 0.813. The Labute approximate surface area is 181 Å². The van der Waals surface area contributed by atoms with Crippen LogP contribution >= 0.6 is 0 Å². The lowest BCUT2D eigenvalue weighted by atomic mass is 10.0. The van der Waals surface area contributed by atoms with Crippen molar-refractivity contribution in [1.82, 2.24) is 19.5 Å². The molecule has 0 radical (unpaired) electrons. The van der Waals surface area contributed by atoms with Crippen molar-refractivity contribution in [3.05, 3.63) is 64.3 Å². The normalized spacial score (nSPS) is 15.3. The standard InChI is InChI=1S/C25H29N5O/c1-16-9-11-20(17(2)13-16)23-24(28-18-7-5-3-4-6-8-18)29-25(31)30(23)19-10-12-21-22(14-19)27-15-26-21/h9-15,18,28H,3-8H2,1-2H3,(H,26,27)(H,29,31). The Kier molecular flexibility index (Phi) is 5.14. The molecule has 0 amide bonds. The number of aromatic amines is 2. The number of rotatable bonds is 4. The summed E-state index contributed by atoms with van der Waals surface area (Å²) in [5.41, 5.74) is 6.80. The van der Waals surface area contributed by atoms with Crippen LogP contribution in [0.4, 0.5) is 5.82 Å². The Morgan fingerprint density at radius 2 is 1.84 bits per heavy atom. The third-order valence-corrected chi connectivity index (χ3v) is 6.40. The molecule has 0 saturated heterocycles. The molecular formula is C25H29N5O. The quantitative estimate of drug-likeness (QED) is 0.387. The lowest BCUT2D eigenvalue weighted by molar-refractivity contribution is 0.618. The number of nitrogens with one attached hydrogen (secondary N) is 3. The van der Waals surface area contributed by atoms with Gasteiger partial charge in [0, 0.05) is 11.6 Å². The number of H-pyrrole nitrogens is 2. The van der Waals surface area contributed by atoms with Crippen molar-refractivity contribution in [3.63, 3.8) is 0 Å². The molecule has 0 unspecified atom stereocenters. The van der Waals surface area contributed by atoms with Crippen LogP contribution in [0.5, 0.6) is 0 Å². The van der Waals surface area contributed by atoms with E-state index in [1.165, 1.54) is 31.2 Å². The first-order chi connectivity index (χ1) is 15.1. The number of hydrogen-bond acceptors (Lipinski definition) is 3. The lowest BCUT2D eigenvalue weighted by Gasteiger charge is -2.19. The summed E-state index contributed by atoms with van der Waals surface area (Å²) in [4.78, 5) is 23.8. The van der Waals surface area contributed by atoms with Gasteiger partial charge in [0.15, 0.2) is 0 Å². The van der Waals surface area contributed by atoms with Gasteiger partial charge in [0.25, 0.3) is 0 Å². The van der Waals surface area contributed by atoms with Crippen LogP contribution in [0.1, 0.15) is 49.7 Å². The van der Waals surface area contributed by atoms with E-state index in [0.717, 1.165) is 52.2 Å². The fourth-order valence-corrected chi connectivity index (χ4v) is 4.81. The summed E-state index contributed by atoms with van der Waals surface area (Å²) >= 11 is 0. The average molecular weight is 416 g/mol. The Balaban J connectivity index is 1.67. The average Bonchev–Trinajstić information content (AvgIpc) is 3.23. The Hall–Kier alpha value is -3.28. The predicted octanol–water partition coefficient (Wildman–Crippen LogP) is 5.46. The number of anilines is 1. The number of hydrogen-bond donors (Lipinski definition) is 3. The van der Waals surface area contributed by atoms with Crippen LogP contribution in [-0.4, -0.2) is 25.6 Å². The van der Waals surface area contributed by atoms with E-state index in [-0.39, 0.29) is 5.69 Å². The summed E-state index contributed by atoms with van der Waals surface area (Å²) in [6.07, 6.45) is 9.02. The van der Waals surface area contributed by atoms with Gasteiger partial charge in [-0.3, -0.25) is 9.55 Å². The predicted molar refractivity (Wildman–Crippen MR) is 126 cm³/mol. The third-order valence-electron chi connectivity index (χ3n) is 6.40. The van der Waals surface area contributed by atoms with E-state index in [4.69, 9.17) is 0 Å². The summed E-state index contributed by atoms with van der Waals surface area (Å²) in [7, 11) is 0. The maximum Gasteiger partial charge on any atom is 0.332 e. The van der Waals surface area contributed by atoms with E-state index in [1.54, 1.807) is 10.9 Å². The number of imidazole rings is 2. The molecule has 1 aliphatic carbocycles. The van der Waals surface area contributed by atoms with Gasteiger partial charge in [0.2, 0.25) is 0 Å². The topological polar surface area (TPSA) is 78.5 Å². The molecule has 2 aromatic carbocycles. The second kappa shape index (κ2) is 8.10. The molecule has 6 heteroatoms. The van der Waals surface area contributed by atoms with E-state index >= 15 is 0 Å². The van der Waals surface area contributed by atoms with E-state index < -0.39 is 0 Å². The SMILES string of the molecule is Cc1ccc(-c2c(NC3CCCCCC3)[nH]c(=O)n2-c2ccc3nc[nH]c3c2)c(C)c1. The molecule has 1 fully saturated rings. The molecule has 5 rings (SSSR count). The number of nitrogens with zero attached hydrogens (tertiary/aromatic N) is 2. The highest BCUT2D eigenvalue weighted by Crippen LogP contribution is 2.33. The highest BCUT2D eigenvalue weighted by molar-refractivity contribution is 5.80. The van der Waals surface area contributed by atoms with Crippen molar-refractivity contribution in [2.24, 2.45) is 0 Å². The largest absolute Gasteiger partial charge is 0.367 e. The highest BCUT2D eigenvalue weighted by Gasteiger charge is 2.22. The zero-order chi connectivity index (χ0) is 21.4. The molecule has 4 aromatic rings. The fraction of sp³-hybridized carbons (Fsp3) is 0.360. The second-order valence-corrected chi connectivity index (χ2v) is 8.74. The van der Waals surface area contributed by atoms with Crippen LogP contribution in [0.25, 0.3) is 28.0 Å². The van der Waals surface area contributed by atoms with E-state index in [0.29, 0.717) is 6.04 Å². The second-order valence-electron chi connectivity index (χ2n) is 8.74. The molecule has 3 N–H and O–H groups in total. The van der Waals surface area contributed by atoms with Crippen LogP contribution < -0.4 is 11.0 Å². The minimum atomic E-state index is -0.134. The van der Waals surface area contributed by atoms with E-state index in [1.807, 2.05) is 18.2 Å². The summed E-state index contributed by atoms with van der Waals surface area (Å²) in [5, 5.41) is 3.70. The third kappa shape index (κ3) is 3.78. The molecule has 2 aromatic heterocycles. The first-order valence-corrected chi connectivity index (χ1v) is 11.2. The number of fused-ring (bicyclic) bond motifs is 1. The van der Waals surface area contributed by atoms with E-state index in [2.05, 4.69) is 52.3 Å². The minimum Gasteiger partial charge on any atom is -0.367 e. The highest BCUT2D eigenvalue weighted by atomic mass is 16.1. The smallest absolute Gasteiger partial charge is 0.332 e. The molecule has 1 saturated carbocycles. The van der Waals surface area contributed by atoms with Crippen LogP contribution in [0.2, 0.25) is 0 Å². The van der Waals surface area contributed by atoms with Gasteiger partial charge in [-0.1, -0.05) is 49.4 Å². The van der Waals surface area contributed by atoms with Gasteiger partial charge < -0.3 is 10.3 Å². The first-order valence-electron chi connectivity index (χ1n) is 11.2. The molecule has 31 heavy (non-hydrogen) atoms. The van der Waals surface area contributed by atoms with Gasteiger partial charge >= 0.3 is 5.69 Å². The molecule has 0 bridgehead atoms. The number of aryl methyl sites for hydroxylation is 2. The van der Waals surface area contributed by atoms with Crippen molar-refractivity contribution in [2.75, 3.05) is 5.32 Å². The van der Waals surface area contributed by atoms with Gasteiger partial charge in [-0.25, -0.2) is 9.78 Å². The van der Waals surface area contributed by atoms with Gasteiger partial charge in [-0.15, -0.1) is 0 Å². The minimum absolute atomic E-state index is 0.134. The molecule has 0 aliphatic heterocycles. The van der Waals surface area contributed by atoms with Crippen LogP contribution in [0.15, 0.2) is 47.5 Å². The Morgan fingerprint density at radius 3 is 2.61 bits per heavy atom. The zero-order valence-corrected chi connectivity index (χ0v) is 18.2. The molecule has 160 valence electrons. The molecule has 1 aliphatic rings.